The van der Waals surface area contributed by atoms with Crippen molar-refractivity contribution in [3.63, 3.8) is 0 Å². The number of carbonyl (C=O) groups excluding carboxylic acids is 3. The second kappa shape index (κ2) is 9.89. The molecular weight excluding hydrogens is 460 g/mol. The molecule has 2 aromatic carbocycles. The van der Waals surface area contributed by atoms with Crippen molar-refractivity contribution in [1.29, 1.82) is 0 Å². The minimum absolute atomic E-state index is 0.0613. The molecular formula is C23H20N4O6S. The molecule has 1 aliphatic heterocycles. The molecule has 3 aromatic rings. The topological polar surface area (TPSA) is 164 Å². The fourth-order valence-corrected chi connectivity index (χ4v) is 4.19. The van der Waals surface area contributed by atoms with Gasteiger partial charge in [-0.25, -0.2) is 4.79 Å². The van der Waals surface area contributed by atoms with Gasteiger partial charge >= 0.3 is 5.69 Å². The third kappa shape index (κ3) is 5.16. The number of fused-ring (bicyclic) bond motifs is 1. The Balaban J connectivity index is 1.42. The lowest BCUT2D eigenvalue weighted by molar-refractivity contribution is -0.120. The molecule has 1 unspecified atom stereocenters. The maximum absolute atomic E-state index is 12.4. The summed E-state index contributed by atoms with van der Waals surface area (Å²) in [5.74, 6) is -0.155. The highest BCUT2D eigenvalue weighted by molar-refractivity contribution is 8.18. The van der Waals surface area contributed by atoms with Crippen LogP contribution in [0.15, 0.2) is 57.0 Å². The number of hydrogen-bond acceptors (Lipinski definition) is 8. The number of ketones is 1. The largest absolute Gasteiger partial charge is 0.493 e. The third-order valence-electron chi connectivity index (χ3n) is 5.13. The van der Waals surface area contributed by atoms with Crippen molar-refractivity contribution in [2.75, 3.05) is 6.61 Å². The number of amides is 2. The van der Waals surface area contributed by atoms with Crippen molar-refractivity contribution in [2.24, 2.45) is 5.73 Å². The number of nitrogens with one attached hydrogen (secondary N) is 3. The zero-order valence-corrected chi connectivity index (χ0v) is 18.6. The van der Waals surface area contributed by atoms with Crippen molar-refractivity contribution in [2.45, 2.75) is 18.9 Å². The highest BCUT2D eigenvalue weighted by Crippen LogP contribution is 2.32. The molecule has 5 N–H and O–H groups in total. The molecule has 1 fully saturated rings. The Morgan fingerprint density at radius 2 is 1.82 bits per heavy atom. The van der Waals surface area contributed by atoms with E-state index in [4.69, 9.17) is 10.5 Å². The molecule has 11 heteroatoms. The number of rotatable bonds is 8. The number of nitrogens with two attached hydrogens (primary N) is 1. The Morgan fingerprint density at radius 1 is 1.06 bits per heavy atom. The monoisotopic (exact) mass is 480 g/mol. The maximum Gasteiger partial charge on any atom is 0.325 e. The van der Waals surface area contributed by atoms with E-state index >= 15 is 0 Å². The molecule has 0 radical (unpaired) electrons. The minimum atomic E-state index is -1.11. The molecule has 0 aliphatic carbocycles. The highest BCUT2D eigenvalue weighted by Gasteiger charge is 2.25. The van der Waals surface area contributed by atoms with Gasteiger partial charge in [-0.2, -0.15) is 0 Å². The molecule has 0 spiro atoms. The molecule has 0 saturated carbocycles. The van der Waals surface area contributed by atoms with Gasteiger partial charge in [0.1, 0.15) is 11.8 Å². The third-order valence-corrected chi connectivity index (χ3v) is 5.95. The van der Waals surface area contributed by atoms with Crippen molar-refractivity contribution in [3.05, 3.63) is 79.5 Å². The van der Waals surface area contributed by atoms with E-state index in [1.54, 1.807) is 18.2 Å². The van der Waals surface area contributed by atoms with Gasteiger partial charge in [-0.1, -0.05) is 30.3 Å². The van der Waals surface area contributed by atoms with Crippen LogP contribution in [-0.4, -0.2) is 33.5 Å². The zero-order chi connectivity index (χ0) is 24.2. The first-order chi connectivity index (χ1) is 16.3. The number of benzene rings is 2. The predicted molar refractivity (Wildman–Crippen MR) is 127 cm³/mol. The number of Topliss-reactive ketones (excluding diaryl/α,β-unsaturated/α-hetero) is 1. The Kier molecular flexibility index (Phi) is 6.75. The standard InChI is InChI=1S/C23H20N4O6S/c24-20(15-11-19(29)26-22(31)25-15)16(28)6-3-9-33-17-8-7-12(13-4-1-2-5-14(13)17)10-18-21(30)27-23(32)34-18/h1-2,4-5,7-8,10-11,20H,3,6,9,24H2,(H,27,30,32)(H2,25,26,29,31). The van der Waals surface area contributed by atoms with E-state index in [0.29, 0.717) is 17.1 Å². The highest BCUT2D eigenvalue weighted by atomic mass is 32.2. The number of thioether (sulfide) groups is 1. The van der Waals surface area contributed by atoms with Gasteiger partial charge in [0.15, 0.2) is 5.78 Å². The smallest absolute Gasteiger partial charge is 0.325 e. The normalized spacial score (nSPS) is 15.5. The number of carbonyl (C=O) groups is 3. The van der Waals surface area contributed by atoms with Gasteiger partial charge in [0, 0.05) is 23.6 Å². The van der Waals surface area contributed by atoms with Gasteiger partial charge in [-0.3, -0.25) is 29.5 Å². The molecule has 1 aliphatic rings. The first-order valence-corrected chi connectivity index (χ1v) is 11.1. The average Bonchev–Trinajstić information content (AvgIpc) is 3.12. The first kappa shape index (κ1) is 23.2. The maximum atomic E-state index is 12.4. The van der Waals surface area contributed by atoms with E-state index in [9.17, 15) is 24.0 Å². The molecule has 1 aromatic heterocycles. The number of hydrogen-bond donors (Lipinski definition) is 4. The number of H-pyrrole nitrogens is 2. The van der Waals surface area contributed by atoms with Crippen molar-refractivity contribution in [3.8, 4) is 5.75 Å². The van der Waals surface area contributed by atoms with Crippen molar-refractivity contribution in [1.82, 2.24) is 15.3 Å². The van der Waals surface area contributed by atoms with Crippen LogP contribution in [0.3, 0.4) is 0 Å². The van der Waals surface area contributed by atoms with Gasteiger partial charge in [-0.05, 0) is 41.3 Å². The van der Waals surface area contributed by atoms with Crippen LogP contribution in [0.5, 0.6) is 5.75 Å². The Hall–Kier alpha value is -3.96. The molecule has 4 rings (SSSR count). The molecule has 10 nitrogen and oxygen atoms in total. The Morgan fingerprint density at radius 3 is 2.53 bits per heavy atom. The lowest BCUT2D eigenvalue weighted by Gasteiger charge is -2.13. The van der Waals surface area contributed by atoms with Crippen LogP contribution in [0.4, 0.5) is 4.79 Å². The van der Waals surface area contributed by atoms with E-state index < -0.39 is 28.4 Å². The molecule has 34 heavy (non-hydrogen) atoms. The van der Waals surface area contributed by atoms with Crippen molar-refractivity contribution < 1.29 is 19.1 Å². The summed E-state index contributed by atoms with van der Waals surface area (Å²) in [4.78, 5) is 63.2. The van der Waals surface area contributed by atoms with Crippen LogP contribution >= 0.6 is 11.8 Å². The van der Waals surface area contributed by atoms with E-state index in [0.717, 1.165) is 34.2 Å². The summed E-state index contributed by atoms with van der Waals surface area (Å²) in [5, 5.41) is 3.49. The zero-order valence-electron chi connectivity index (χ0n) is 17.8. The van der Waals surface area contributed by atoms with Gasteiger partial charge in [0.2, 0.25) is 0 Å². The van der Waals surface area contributed by atoms with Crippen LogP contribution in [0, 0.1) is 0 Å². The van der Waals surface area contributed by atoms with Crippen molar-refractivity contribution >= 4 is 45.5 Å². The van der Waals surface area contributed by atoms with E-state index in [2.05, 4.69) is 10.3 Å². The summed E-state index contributed by atoms with van der Waals surface area (Å²) < 4.78 is 5.89. The summed E-state index contributed by atoms with van der Waals surface area (Å²) >= 11 is 0.852. The quantitative estimate of drug-likeness (QED) is 0.281. The SMILES string of the molecule is NC(C(=O)CCCOc1ccc(C=C2SC(=O)NC2=O)c2ccccc12)c1cc(=O)[nH]c(=O)[nH]1. The summed E-state index contributed by atoms with van der Waals surface area (Å²) in [6, 6.07) is 11.0. The molecule has 2 heterocycles. The van der Waals surface area contributed by atoms with Crippen LogP contribution in [0.25, 0.3) is 16.8 Å². The average molecular weight is 481 g/mol. The van der Waals surface area contributed by atoms with Gasteiger partial charge in [0.25, 0.3) is 16.7 Å². The number of ether oxygens (including phenoxy) is 1. The van der Waals surface area contributed by atoms with Gasteiger partial charge < -0.3 is 15.5 Å². The number of aromatic nitrogens is 2. The van der Waals surface area contributed by atoms with Gasteiger partial charge in [0.05, 0.1) is 11.5 Å². The second-order valence-electron chi connectivity index (χ2n) is 7.49. The van der Waals surface area contributed by atoms with Crippen LogP contribution < -0.4 is 27.0 Å². The fourth-order valence-electron chi connectivity index (χ4n) is 3.52. The summed E-state index contributed by atoms with van der Waals surface area (Å²) in [5.41, 5.74) is 5.35. The molecule has 2 amide bonds. The van der Waals surface area contributed by atoms with Crippen LogP contribution in [-0.2, 0) is 9.59 Å². The number of aromatic amines is 2. The summed E-state index contributed by atoms with van der Waals surface area (Å²) in [6.45, 7) is 0.238. The van der Waals surface area contributed by atoms with E-state index in [-0.39, 0.29) is 24.5 Å². The number of imide groups is 1. The van der Waals surface area contributed by atoms with E-state index in [1.165, 1.54) is 0 Å². The first-order valence-electron chi connectivity index (χ1n) is 10.3. The Bertz CT molecular complexity index is 1410. The molecule has 1 saturated heterocycles. The molecule has 1 atom stereocenters. The fraction of sp³-hybridized carbons (Fsp3) is 0.174. The van der Waals surface area contributed by atoms with E-state index in [1.807, 2.05) is 29.2 Å². The molecule has 174 valence electrons. The lowest BCUT2D eigenvalue weighted by atomic mass is 10.0. The minimum Gasteiger partial charge on any atom is -0.493 e. The lowest BCUT2D eigenvalue weighted by Crippen LogP contribution is -2.30. The summed E-state index contributed by atoms with van der Waals surface area (Å²) in [7, 11) is 0. The van der Waals surface area contributed by atoms with Crippen LogP contribution in [0.1, 0.15) is 30.1 Å². The second-order valence-corrected chi connectivity index (χ2v) is 8.50. The Labute approximate surface area is 196 Å². The molecule has 0 bridgehead atoms. The summed E-state index contributed by atoms with van der Waals surface area (Å²) in [6.07, 6.45) is 2.13. The van der Waals surface area contributed by atoms with Gasteiger partial charge in [-0.15, -0.1) is 0 Å². The van der Waals surface area contributed by atoms with Crippen LogP contribution in [0.2, 0.25) is 0 Å². The predicted octanol–water partition coefficient (Wildman–Crippen LogP) is 1.97.